The first kappa shape index (κ1) is 5.10. The maximum Gasteiger partial charge on any atom is -0.00434 e. The fourth-order valence-corrected chi connectivity index (χ4v) is 0.827. The first-order valence-corrected chi connectivity index (χ1v) is 3.03. The maximum atomic E-state index is 3.37. The van der Waals surface area contributed by atoms with Crippen LogP contribution in [-0.2, 0) is 0 Å². The van der Waals surface area contributed by atoms with Gasteiger partial charge in [-0.25, -0.2) is 0 Å². The molecule has 1 rings (SSSR count). The standard InChI is InChI=1S/C6H6Br/c7-6-4-2-1-3-5-6/h1-4H,5H2. The highest BCUT2D eigenvalue weighted by atomic mass is 79.9. The van der Waals surface area contributed by atoms with Crippen molar-refractivity contribution in [2.75, 3.05) is 0 Å². The quantitative estimate of drug-likeness (QED) is 0.507. The van der Waals surface area contributed by atoms with E-state index >= 15 is 0 Å². The lowest BCUT2D eigenvalue weighted by atomic mass is 10.2. The highest BCUT2D eigenvalue weighted by Gasteiger charge is 1.90. The van der Waals surface area contributed by atoms with Crippen LogP contribution >= 0.6 is 15.9 Å². The lowest BCUT2D eigenvalue weighted by Gasteiger charge is -1.96. The summed E-state index contributed by atoms with van der Waals surface area (Å²) in [6, 6.07) is 0. The van der Waals surface area contributed by atoms with Crippen LogP contribution in [-0.4, -0.2) is 0 Å². The largest absolute Gasteiger partial charge is 0.0804 e. The van der Waals surface area contributed by atoms with Gasteiger partial charge in [-0.05, 0) is 17.3 Å². The van der Waals surface area contributed by atoms with Crippen molar-refractivity contribution in [2.24, 2.45) is 0 Å². The number of halogens is 1. The van der Waals surface area contributed by atoms with Gasteiger partial charge in [0.05, 0.1) is 0 Å². The Balaban J connectivity index is 2.57. The molecule has 1 aliphatic carbocycles. The zero-order valence-electron chi connectivity index (χ0n) is 3.89. The Morgan fingerprint density at radius 3 is 2.57 bits per heavy atom. The molecule has 0 spiro atoms. The molecular weight excluding hydrogens is 152 g/mol. The molecule has 0 amide bonds. The fourth-order valence-electron chi connectivity index (χ4n) is 0.487. The lowest BCUT2D eigenvalue weighted by Crippen LogP contribution is -1.76. The second-order valence-corrected chi connectivity index (χ2v) is 2.46. The Labute approximate surface area is 52.0 Å². The molecule has 0 aromatic heterocycles. The zero-order valence-corrected chi connectivity index (χ0v) is 5.48. The first-order valence-electron chi connectivity index (χ1n) is 2.24. The van der Waals surface area contributed by atoms with Gasteiger partial charge in [0, 0.05) is 0 Å². The Morgan fingerprint density at radius 1 is 1.43 bits per heavy atom. The Bertz CT molecular complexity index is 111. The molecule has 0 aromatic rings. The first-order chi connectivity index (χ1) is 3.39. The third-order valence-electron chi connectivity index (χ3n) is 0.837. The molecule has 7 heavy (non-hydrogen) atoms. The second kappa shape index (κ2) is 2.31. The van der Waals surface area contributed by atoms with Crippen LogP contribution in [0.5, 0.6) is 0 Å². The van der Waals surface area contributed by atoms with Crippen LogP contribution in [0.3, 0.4) is 0 Å². The minimum Gasteiger partial charge on any atom is -0.0804 e. The second-order valence-electron chi connectivity index (χ2n) is 1.44. The minimum atomic E-state index is 1.05. The summed E-state index contributed by atoms with van der Waals surface area (Å²) < 4.78 is 1.26. The van der Waals surface area contributed by atoms with E-state index in [0.29, 0.717) is 0 Å². The summed E-state index contributed by atoms with van der Waals surface area (Å²) in [5.74, 6) is 0. The molecule has 0 aliphatic heterocycles. The average molecular weight is 158 g/mol. The van der Waals surface area contributed by atoms with Crippen molar-refractivity contribution in [2.45, 2.75) is 6.42 Å². The molecular formula is C6H6Br. The highest BCUT2D eigenvalue weighted by Crippen LogP contribution is 2.15. The molecule has 0 aromatic carbocycles. The van der Waals surface area contributed by atoms with E-state index in [1.165, 1.54) is 4.48 Å². The van der Waals surface area contributed by atoms with Crippen LogP contribution < -0.4 is 0 Å². The van der Waals surface area contributed by atoms with E-state index in [0.717, 1.165) is 6.42 Å². The summed E-state index contributed by atoms with van der Waals surface area (Å²) in [5, 5.41) is 0. The molecule has 0 heterocycles. The van der Waals surface area contributed by atoms with Crippen molar-refractivity contribution in [3.8, 4) is 0 Å². The summed E-state index contributed by atoms with van der Waals surface area (Å²) in [6.45, 7) is 0. The fraction of sp³-hybridized carbons (Fsp3) is 0.167. The molecule has 1 aliphatic rings. The number of hydrogen-bond donors (Lipinski definition) is 0. The minimum absolute atomic E-state index is 1.05. The maximum absolute atomic E-state index is 3.37. The highest BCUT2D eigenvalue weighted by molar-refractivity contribution is 9.11. The van der Waals surface area contributed by atoms with Crippen molar-refractivity contribution in [3.63, 3.8) is 0 Å². The van der Waals surface area contributed by atoms with Gasteiger partial charge in [0.1, 0.15) is 0 Å². The van der Waals surface area contributed by atoms with E-state index in [9.17, 15) is 0 Å². The van der Waals surface area contributed by atoms with Crippen molar-refractivity contribution < 1.29 is 0 Å². The molecule has 0 unspecified atom stereocenters. The van der Waals surface area contributed by atoms with Crippen LogP contribution in [0.15, 0.2) is 22.7 Å². The van der Waals surface area contributed by atoms with Gasteiger partial charge in [-0.1, -0.05) is 34.2 Å². The smallest absolute Gasteiger partial charge is 0.00434 e. The molecule has 0 nitrogen and oxygen atoms in total. The third kappa shape index (κ3) is 1.48. The van der Waals surface area contributed by atoms with Crippen LogP contribution in [0, 0.1) is 6.42 Å². The van der Waals surface area contributed by atoms with E-state index in [1.807, 2.05) is 12.2 Å². The van der Waals surface area contributed by atoms with E-state index in [1.54, 1.807) is 0 Å². The van der Waals surface area contributed by atoms with Gasteiger partial charge in [0.2, 0.25) is 0 Å². The van der Waals surface area contributed by atoms with E-state index in [2.05, 4.69) is 28.4 Å². The van der Waals surface area contributed by atoms with Gasteiger partial charge in [-0.3, -0.25) is 0 Å². The zero-order chi connectivity index (χ0) is 5.11. The van der Waals surface area contributed by atoms with Crippen LogP contribution in [0.2, 0.25) is 0 Å². The van der Waals surface area contributed by atoms with Crippen LogP contribution in [0.1, 0.15) is 6.42 Å². The summed E-state index contributed by atoms with van der Waals surface area (Å²) in [6.07, 6.45) is 9.29. The molecule has 0 saturated heterocycles. The topological polar surface area (TPSA) is 0 Å². The Kier molecular flexibility index (Phi) is 1.69. The predicted molar refractivity (Wildman–Crippen MR) is 35.1 cm³/mol. The lowest BCUT2D eigenvalue weighted by molar-refractivity contribution is 1.25. The molecule has 1 radical (unpaired) electrons. The van der Waals surface area contributed by atoms with Crippen molar-refractivity contribution in [3.05, 3.63) is 29.1 Å². The molecule has 0 bridgehead atoms. The van der Waals surface area contributed by atoms with Gasteiger partial charge in [0.15, 0.2) is 0 Å². The van der Waals surface area contributed by atoms with Crippen molar-refractivity contribution >= 4 is 15.9 Å². The monoisotopic (exact) mass is 157 g/mol. The average Bonchev–Trinajstić information content (AvgIpc) is 1.69. The number of allylic oxidation sites excluding steroid dienone is 4. The van der Waals surface area contributed by atoms with E-state index in [-0.39, 0.29) is 0 Å². The number of hydrogen-bond acceptors (Lipinski definition) is 0. The van der Waals surface area contributed by atoms with Gasteiger partial charge in [0.25, 0.3) is 0 Å². The summed E-state index contributed by atoms with van der Waals surface area (Å²) in [7, 11) is 0. The molecule has 0 atom stereocenters. The van der Waals surface area contributed by atoms with E-state index in [4.69, 9.17) is 0 Å². The SMILES string of the molecule is BrC1=CC=C[CH]C1. The molecule has 0 saturated carbocycles. The summed E-state index contributed by atoms with van der Waals surface area (Å²) >= 11 is 3.37. The molecule has 37 valence electrons. The third-order valence-corrected chi connectivity index (χ3v) is 1.43. The summed E-state index contributed by atoms with van der Waals surface area (Å²) in [4.78, 5) is 0. The summed E-state index contributed by atoms with van der Waals surface area (Å²) in [5.41, 5.74) is 0. The van der Waals surface area contributed by atoms with Gasteiger partial charge in [-0.2, -0.15) is 0 Å². The normalized spacial score (nSPS) is 19.3. The molecule has 0 fully saturated rings. The predicted octanol–water partition coefficient (Wildman–Crippen LogP) is 2.43. The van der Waals surface area contributed by atoms with Gasteiger partial charge >= 0.3 is 0 Å². The molecule has 1 heteroatoms. The Morgan fingerprint density at radius 2 is 2.29 bits per heavy atom. The van der Waals surface area contributed by atoms with Crippen LogP contribution in [0.4, 0.5) is 0 Å². The number of rotatable bonds is 0. The van der Waals surface area contributed by atoms with Gasteiger partial charge < -0.3 is 0 Å². The van der Waals surface area contributed by atoms with Crippen LogP contribution in [0.25, 0.3) is 0 Å². The molecule has 0 N–H and O–H groups in total. The van der Waals surface area contributed by atoms with Crippen molar-refractivity contribution in [1.29, 1.82) is 0 Å². The van der Waals surface area contributed by atoms with E-state index < -0.39 is 0 Å². The Hall–Kier alpha value is -0.0400. The van der Waals surface area contributed by atoms with Gasteiger partial charge in [-0.15, -0.1) is 0 Å². The van der Waals surface area contributed by atoms with Crippen molar-refractivity contribution in [1.82, 2.24) is 0 Å².